The molecule has 1 unspecified atom stereocenters. The third-order valence-corrected chi connectivity index (χ3v) is 14.7. The number of esters is 3. The number of carbonyl (C=O) groups excluding carboxylic acids is 3. The molecule has 0 aromatic rings. The minimum absolute atomic E-state index is 0.0778. The zero-order chi connectivity index (χ0) is 56.4. The number of rotatable bonds is 61. The largest absolute Gasteiger partial charge is 0.462 e. The van der Waals surface area contributed by atoms with Gasteiger partial charge in [0.05, 0.1) is 0 Å². The summed E-state index contributed by atoms with van der Waals surface area (Å²) >= 11 is 0. The second kappa shape index (κ2) is 66.1. The Morgan fingerprint density at radius 3 is 0.782 bits per heavy atom. The molecule has 0 rings (SSSR count). The molecule has 78 heavy (non-hydrogen) atoms. The van der Waals surface area contributed by atoms with Crippen LogP contribution in [0.15, 0.2) is 85.1 Å². The van der Waals surface area contributed by atoms with Gasteiger partial charge in [-0.2, -0.15) is 0 Å². The minimum Gasteiger partial charge on any atom is -0.462 e. The van der Waals surface area contributed by atoms with Gasteiger partial charge in [0.15, 0.2) is 6.10 Å². The Hall–Kier alpha value is -3.41. The van der Waals surface area contributed by atoms with Crippen LogP contribution in [0.3, 0.4) is 0 Å². The van der Waals surface area contributed by atoms with Crippen molar-refractivity contribution in [3.63, 3.8) is 0 Å². The highest BCUT2D eigenvalue weighted by atomic mass is 16.6. The molecule has 0 bridgehead atoms. The Labute approximate surface area is 484 Å². The van der Waals surface area contributed by atoms with Gasteiger partial charge < -0.3 is 14.2 Å². The first-order valence-corrected chi connectivity index (χ1v) is 33.6. The van der Waals surface area contributed by atoms with Gasteiger partial charge >= 0.3 is 17.9 Å². The topological polar surface area (TPSA) is 78.9 Å². The summed E-state index contributed by atoms with van der Waals surface area (Å²) in [4.78, 5) is 38.0. The van der Waals surface area contributed by atoms with Crippen LogP contribution >= 0.6 is 0 Å². The van der Waals surface area contributed by atoms with Crippen molar-refractivity contribution >= 4 is 17.9 Å². The lowest BCUT2D eigenvalue weighted by molar-refractivity contribution is -0.167. The SMILES string of the molecule is CC/C=C\C/C=C\C/C=C\C/C=C\C/C=C\C/C=C\C/C=C\CCCCCCCCCC(=O)OCC(COC(=O)CCCCCCC)OC(=O)CCCCCCCCCCCCCCCCCCCCCCCCCCCC. The smallest absolute Gasteiger partial charge is 0.306 e. The molecule has 0 aromatic carbocycles. The monoisotopic (exact) mass is 1090 g/mol. The number of allylic oxidation sites excluding steroid dienone is 14. The third-order valence-electron chi connectivity index (χ3n) is 14.7. The number of ether oxygens (including phenoxy) is 3. The molecule has 6 nitrogen and oxygen atoms in total. The van der Waals surface area contributed by atoms with Gasteiger partial charge in [-0.3, -0.25) is 14.4 Å². The van der Waals surface area contributed by atoms with Crippen LogP contribution in [0, 0.1) is 0 Å². The lowest BCUT2D eigenvalue weighted by Crippen LogP contribution is -2.30. The van der Waals surface area contributed by atoms with Gasteiger partial charge in [-0.1, -0.05) is 324 Å². The quantitative estimate of drug-likeness (QED) is 0.0261. The first-order chi connectivity index (χ1) is 38.5. The van der Waals surface area contributed by atoms with Crippen molar-refractivity contribution in [3.8, 4) is 0 Å². The normalized spacial score (nSPS) is 12.6. The second-order valence-corrected chi connectivity index (χ2v) is 22.4. The van der Waals surface area contributed by atoms with Gasteiger partial charge in [-0.15, -0.1) is 0 Å². The Morgan fingerprint density at radius 2 is 0.500 bits per heavy atom. The molecule has 0 saturated heterocycles. The van der Waals surface area contributed by atoms with Gasteiger partial charge in [0.2, 0.25) is 0 Å². The molecule has 450 valence electrons. The van der Waals surface area contributed by atoms with Gasteiger partial charge in [0, 0.05) is 19.3 Å². The molecule has 0 radical (unpaired) electrons. The molecule has 0 fully saturated rings. The van der Waals surface area contributed by atoms with E-state index in [-0.39, 0.29) is 31.1 Å². The van der Waals surface area contributed by atoms with Gasteiger partial charge in [-0.25, -0.2) is 0 Å². The van der Waals surface area contributed by atoms with Gasteiger partial charge in [-0.05, 0) is 77.0 Å². The fourth-order valence-corrected chi connectivity index (χ4v) is 9.66. The zero-order valence-corrected chi connectivity index (χ0v) is 51.7. The van der Waals surface area contributed by atoms with E-state index in [9.17, 15) is 14.4 Å². The van der Waals surface area contributed by atoms with Crippen LogP contribution in [0.25, 0.3) is 0 Å². The summed E-state index contributed by atoms with van der Waals surface area (Å²) in [5.74, 6) is -0.889. The molecule has 0 aromatic heterocycles. The van der Waals surface area contributed by atoms with Crippen LogP contribution in [0.5, 0.6) is 0 Å². The number of hydrogen-bond acceptors (Lipinski definition) is 6. The molecule has 0 aliphatic carbocycles. The van der Waals surface area contributed by atoms with E-state index >= 15 is 0 Å². The van der Waals surface area contributed by atoms with Crippen molar-refractivity contribution in [2.75, 3.05) is 13.2 Å². The van der Waals surface area contributed by atoms with Crippen molar-refractivity contribution in [3.05, 3.63) is 85.1 Å². The highest BCUT2D eigenvalue weighted by molar-refractivity contribution is 5.71. The highest BCUT2D eigenvalue weighted by Crippen LogP contribution is 2.18. The van der Waals surface area contributed by atoms with E-state index in [0.717, 1.165) is 116 Å². The fraction of sp³-hybridized carbons (Fsp3) is 0.764. The average molecular weight is 1090 g/mol. The first kappa shape index (κ1) is 74.6. The van der Waals surface area contributed by atoms with E-state index < -0.39 is 6.10 Å². The van der Waals surface area contributed by atoms with Crippen LogP contribution in [0.1, 0.15) is 335 Å². The molecule has 0 saturated carbocycles. The van der Waals surface area contributed by atoms with Crippen LogP contribution < -0.4 is 0 Å². The van der Waals surface area contributed by atoms with Gasteiger partial charge in [0.1, 0.15) is 13.2 Å². The molecule has 0 spiro atoms. The van der Waals surface area contributed by atoms with E-state index in [1.165, 1.54) is 180 Å². The van der Waals surface area contributed by atoms with Crippen molar-refractivity contribution in [2.24, 2.45) is 0 Å². The van der Waals surface area contributed by atoms with Crippen LogP contribution in [-0.2, 0) is 28.6 Å². The van der Waals surface area contributed by atoms with E-state index in [2.05, 4.69) is 106 Å². The van der Waals surface area contributed by atoms with Crippen molar-refractivity contribution in [1.29, 1.82) is 0 Å². The van der Waals surface area contributed by atoms with E-state index in [0.29, 0.717) is 19.3 Å². The maximum Gasteiger partial charge on any atom is 0.306 e. The summed E-state index contributed by atoms with van der Waals surface area (Å²) in [5, 5.41) is 0. The van der Waals surface area contributed by atoms with E-state index in [1.54, 1.807) is 0 Å². The summed E-state index contributed by atoms with van der Waals surface area (Å²) in [6.45, 7) is 6.47. The third kappa shape index (κ3) is 63.4. The molecule has 0 heterocycles. The second-order valence-electron chi connectivity index (χ2n) is 22.4. The van der Waals surface area contributed by atoms with E-state index in [1.807, 2.05) is 0 Å². The van der Waals surface area contributed by atoms with E-state index in [4.69, 9.17) is 14.2 Å². The predicted molar refractivity (Wildman–Crippen MR) is 339 cm³/mol. The maximum absolute atomic E-state index is 12.8. The Balaban J connectivity index is 4.04. The number of unbranched alkanes of at least 4 members (excludes halogenated alkanes) is 36. The summed E-state index contributed by atoms with van der Waals surface area (Å²) < 4.78 is 16.8. The molecule has 0 N–H and O–H groups in total. The fourth-order valence-electron chi connectivity index (χ4n) is 9.66. The molecular weight excluding hydrogens is 961 g/mol. The predicted octanol–water partition coefficient (Wildman–Crippen LogP) is 23.1. The molecular formula is C72H126O6. The maximum atomic E-state index is 12.8. The lowest BCUT2D eigenvalue weighted by Gasteiger charge is -2.18. The average Bonchev–Trinajstić information content (AvgIpc) is 3.44. The van der Waals surface area contributed by atoms with Crippen molar-refractivity contribution in [1.82, 2.24) is 0 Å². The minimum atomic E-state index is -0.777. The molecule has 6 heteroatoms. The standard InChI is InChI=1S/C72H126O6/c1-4-7-10-13-15-17-19-21-23-25-27-29-31-33-35-36-37-39-40-42-44-46-48-50-52-54-56-59-62-65-71(74)77-68-69(67-76-70(73)64-61-58-12-9-6-3)78-72(75)66-63-60-57-55-53-51-49-47-45-43-41-38-34-32-30-28-26-24-22-20-18-16-14-11-8-5-2/h7,10,15,17,21,23,27,29,33,35,37,39,42,44,69H,4-6,8-9,11-14,16,18-20,22,24-26,28,30-32,34,36,38,40-41,43,45-68H2,1-3H3/b10-7-,17-15-,23-21-,29-27-,35-33-,39-37-,44-42-. The lowest BCUT2D eigenvalue weighted by atomic mass is 10.0. The Kier molecular flexibility index (Phi) is 63.2. The number of hydrogen-bond donors (Lipinski definition) is 0. The first-order valence-electron chi connectivity index (χ1n) is 33.6. The van der Waals surface area contributed by atoms with Gasteiger partial charge in [0.25, 0.3) is 0 Å². The molecule has 0 aliphatic heterocycles. The molecule has 0 amide bonds. The Morgan fingerprint density at radius 1 is 0.269 bits per heavy atom. The summed E-state index contributed by atoms with van der Waals surface area (Å²) in [6.07, 6.45) is 88.0. The number of carbonyl (C=O) groups is 3. The van der Waals surface area contributed by atoms with Crippen LogP contribution in [-0.4, -0.2) is 37.2 Å². The molecule has 0 aliphatic rings. The van der Waals surface area contributed by atoms with Crippen molar-refractivity contribution in [2.45, 2.75) is 341 Å². The van der Waals surface area contributed by atoms with Crippen LogP contribution in [0.4, 0.5) is 0 Å². The Bertz CT molecular complexity index is 1480. The summed E-state index contributed by atoms with van der Waals surface area (Å²) in [7, 11) is 0. The summed E-state index contributed by atoms with van der Waals surface area (Å²) in [6, 6.07) is 0. The van der Waals surface area contributed by atoms with Crippen molar-refractivity contribution < 1.29 is 28.6 Å². The highest BCUT2D eigenvalue weighted by Gasteiger charge is 2.19. The molecule has 1 atom stereocenters. The summed E-state index contributed by atoms with van der Waals surface area (Å²) in [5.41, 5.74) is 0. The zero-order valence-electron chi connectivity index (χ0n) is 51.7. The van der Waals surface area contributed by atoms with Crippen LogP contribution in [0.2, 0.25) is 0 Å².